The molecule has 0 saturated carbocycles. The lowest BCUT2D eigenvalue weighted by Crippen LogP contribution is -2.18. The molecule has 0 amide bonds. The molecule has 3 heteroatoms. The maximum Gasteiger partial charge on any atom is 0.106 e. The number of hydrogen-bond acceptors (Lipinski definition) is 2. The van der Waals surface area contributed by atoms with Crippen molar-refractivity contribution in [3.05, 3.63) is 69.7 Å². The zero-order valence-corrected chi connectivity index (χ0v) is 9.72. The highest BCUT2D eigenvalue weighted by Gasteiger charge is 2.31. The van der Waals surface area contributed by atoms with Crippen molar-refractivity contribution in [1.82, 2.24) is 0 Å². The Labute approximate surface area is 104 Å². The third-order valence-corrected chi connectivity index (χ3v) is 3.57. The van der Waals surface area contributed by atoms with E-state index in [9.17, 15) is 10.2 Å². The molecular formula is C14H11ClO2. The highest BCUT2D eigenvalue weighted by atomic mass is 35.5. The van der Waals surface area contributed by atoms with E-state index in [1.54, 1.807) is 18.2 Å². The average Bonchev–Trinajstić information content (AvgIpc) is 2.36. The fourth-order valence-corrected chi connectivity index (χ4v) is 2.70. The predicted molar refractivity (Wildman–Crippen MR) is 66.0 cm³/mol. The van der Waals surface area contributed by atoms with Crippen LogP contribution in [-0.4, -0.2) is 10.2 Å². The topological polar surface area (TPSA) is 40.5 Å². The third-order valence-electron chi connectivity index (χ3n) is 3.24. The molecule has 2 aromatic carbocycles. The number of aliphatic hydroxyl groups excluding tert-OH is 2. The van der Waals surface area contributed by atoms with E-state index in [4.69, 9.17) is 11.6 Å². The van der Waals surface area contributed by atoms with Crippen LogP contribution in [0.1, 0.15) is 34.5 Å². The minimum Gasteiger partial charge on any atom is -0.384 e. The Morgan fingerprint density at radius 1 is 0.765 bits per heavy atom. The molecule has 0 spiro atoms. The van der Waals surface area contributed by atoms with Gasteiger partial charge in [-0.2, -0.15) is 0 Å². The molecular weight excluding hydrogens is 236 g/mol. The molecule has 1 aliphatic rings. The number of rotatable bonds is 0. The van der Waals surface area contributed by atoms with E-state index < -0.39 is 12.2 Å². The second kappa shape index (κ2) is 3.84. The van der Waals surface area contributed by atoms with Gasteiger partial charge in [0.1, 0.15) is 12.2 Å². The van der Waals surface area contributed by atoms with Gasteiger partial charge < -0.3 is 10.2 Å². The van der Waals surface area contributed by atoms with Gasteiger partial charge in [0, 0.05) is 10.6 Å². The summed E-state index contributed by atoms with van der Waals surface area (Å²) in [4.78, 5) is 0. The van der Waals surface area contributed by atoms with Crippen LogP contribution in [-0.2, 0) is 0 Å². The van der Waals surface area contributed by atoms with Crippen LogP contribution in [0.3, 0.4) is 0 Å². The number of aliphatic hydroxyl groups is 2. The predicted octanol–water partition coefficient (Wildman–Crippen LogP) is 2.82. The van der Waals surface area contributed by atoms with E-state index in [1.165, 1.54) is 0 Å². The molecule has 2 aromatic rings. The first kappa shape index (κ1) is 10.8. The molecule has 0 heterocycles. The van der Waals surface area contributed by atoms with Crippen molar-refractivity contribution in [2.75, 3.05) is 0 Å². The molecule has 0 radical (unpaired) electrons. The van der Waals surface area contributed by atoms with E-state index in [2.05, 4.69) is 0 Å². The quantitative estimate of drug-likeness (QED) is 0.751. The largest absolute Gasteiger partial charge is 0.384 e. The van der Waals surface area contributed by atoms with Crippen LogP contribution in [0.4, 0.5) is 0 Å². The lowest BCUT2D eigenvalue weighted by atomic mass is 9.82. The molecule has 0 bridgehead atoms. The van der Waals surface area contributed by atoms with E-state index in [1.807, 2.05) is 24.3 Å². The molecule has 17 heavy (non-hydrogen) atoms. The Kier molecular flexibility index (Phi) is 2.44. The summed E-state index contributed by atoms with van der Waals surface area (Å²) in [5.74, 6) is 0. The minimum absolute atomic E-state index is 0.489. The Balaban J connectivity index is 2.29. The van der Waals surface area contributed by atoms with Crippen molar-refractivity contribution in [3.63, 3.8) is 0 Å². The Hall–Kier alpha value is -1.35. The van der Waals surface area contributed by atoms with Gasteiger partial charge in [-0.15, -0.1) is 0 Å². The maximum atomic E-state index is 10.3. The molecule has 86 valence electrons. The molecule has 0 saturated heterocycles. The van der Waals surface area contributed by atoms with Crippen LogP contribution in [0.15, 0.2) is 42.5 Å². The van der Waals surface area contributed by atoms with Crippen molar-refractivity contribution in [3.8, 4) is 0 Å². The number of hydrogen-bond donors (Lipinski definition) is 2. The standard InChI is InChI=1S/C14H11ClO2/c15-11-7-3-6-10-12(11)14(17)9-5-2-1-4-8(9)13(10)16/h1-7,13-14,16-17H. The summed E-state index contributed by atoms with van der Waals surface area (Å²) in [6, 6.07) is 12.6. The van der Waals surface area contributed by atoms with Gasteiger partial charge in [-0.1, -0.05) is 48.0 Å². The van der Waals surface area contributed by atoms with Crippen molar-refractivity contribution in [2.24, 2.45) is 0 Å². The van der Waals surface area contributed by atoms with E-state index >= 15 is 0 Å². The molecule has 2 nitrogen and oxygen atoms in total. The summed E-state index contributed by atoms with van der Waals surface area (Å²) in [5, 5.41) is 21.1. The molecule has 0 fully saturated rings. The summed E-state index contributed by atoms with van der Waals surface area (Å²) in [6.07, 6.45) is -1.48. The van der Waals surface area contributed by atoms with Crippen LogP contribution in [0.2, 0.25) is 5.02 Å². The van der Waals surface area contributed by atoms with Gasteiger partial charge in [0.2, 0.25) is 0 Å². The zero-order chi connectivity index (χ0) is 12.0. The summed E-state index contributed by atoms with van der Waals surface area (Å²) in [5.41, 5.74) is 2.76. The second-order valence-corrected chi connectivity index (χ2v) is 4.58. The first-order valence-corrected chi connectivity index (χ1v) is 5.81. The molecule has 2 N–H and O–H groups in total. The van der Waals surface area contributed by atoms with Crippen molar-refractivity contribution >= 4 is 11.6 Å². The maximum absolute atomic E-state index is 10.3. The lowest BCUT2D eigenvalue weighted by molar-refractivity contribution is 0.173. The van der Waals surface area contributed by atoms with Gasteiger partial charge in [-0.25, -0.2) is 0 Å². The normalized spacial score (nSPS) is 21.8. The van der Waals surface area contributed by atoms with Gasteiger partial charge in [0.15, 0.2) is 0 Å². The third kappa shape index (κ3) is 1.49. The highest BCUT2D eigenvalue weighted by molar-refractivity contribution is 6.31. The van der Waals surface area contributed by atoms with Crippen LogP contribution < -0.4 is 0 Å². The van der Waals surface area contributed by atoms with Crippen molar-refractivity contribution in [1.29, 1.82) is 0 Å². The van der Waals surface area contributed by atoms with Gasteiger partial charge in [0.25, 0.3) is 0 Å². The van der Waals surface area contributed by atoms with E-state index in [0.717, 1.165) is 11.1 Å². The Bertz CT molecular complexity index is 580. The summed E-state index contributed by atoms with van der Waals surface area (Å²) in [6.45, 7) is 0. The molecule has 2 atom stereocenters. The van der Waals surface area contributed by atoms with Crippen LogP contribution in [0.5, 0.6) is 0 Å². The Morgan fingerprint density at radius 3 is 2.06 bits per heavy atom. The van der Waals surface area contributed by atoms with E-state index in [0.29, 0.717) is 16.1 Å². The second-order valence-electron chi connectivity index (χ2n) is 4.18. The molecule has 1 aliphatic carbocycles. The molecule has 3 rings (SSSR count). The first-order valence-electron chi connectivity index (χ1n) is 5.43. The Morgan fingerprint density at radius 2 is 1.35 bits per heavy atom. The molecule has 0 aromatic heterocycles. The summed E-state index contributed by atoms with van der Waals surface area (Å²) >= 11 is 6.10. The number of benzene rings is 2. The summed E-state index contributed by atoms with van der Waals surface area (Å²) in [7, 11) is 0. The fraction of sp³-hybridized carbons (Fsp3) is 0.143. The van der Waals surface area contributed by atoms with Gasteiger partial charge >= 0.3 is 0 Å². The zero-order valence-electron chi connectivity index (χ0n) is 8.97. The van der Waals surface area contributed by atoms with Crippen LogP contribution >= 0.6 is 11.6 Å². The highest BCUT2D eigenvalue weighted by Crippen LogP contribution is 2.43. The van der Waals surface area contributed by atoms with Crippen LogP contribution in [0.25, 0.3) is 0 Å². The van der Waals surface area contributed by atoms with Crippen LogP contribution in [0, 0.1) is 0 Å². The van der Waals surface area contributed by atoms with Gasteiger partial charge in [-0.05, 0) is 22.8 Å². The molecule has 0 aliphatic heterocycles. The lowest BCUT2D eigenvalue weighted by Gasteiger charge is -2.29. The smallest absolute Gasteiger partial charge is 0.106 e. The van der Waals surface area contributed by atoms with Crippen molar-refractivity contribution < 1.29 is 10.2 Å². The minimum atomic E-state index is -0.765. The number of fused-ring (bicyclic) bond motifs is 2. The monoisotopic (exact) mass is 246 g/mol. The fourth-order valence-electron chi connectivity index (χ4n) is 2.41. The van der Waals surface area contributed by atoms with E-state index in [-0.39, 0.29) is 0 Å². The van der Waals surface area contributed by atoms with Gasteiger partial charge in [0.05, 0.1) is 0 Å². The summed E-state index contributed by atoms with van der Waals surface area (Å²) < 4.78 is 0. The van der Waals surface area contributed by atoms with Gasteiger partial charge in [-0.3, -0.25) is 0 Å². The first-order chi connectivity index (χ1) is 8.20. The molecule has 2 unspecified atom stereocenters. The average molecular weight is 247 g/mol. The number of halogens is 1. The van der Waals surface area contributed by atoms with Crippen molar-refractivity contribution in [2.45, 2.75) is 12.2 Å². The SMILES string of the molecule is OC1c2ccccc2C(O)c2c(Cl)cccc21.